The molecule has 0 spiro atoms. The first-order valence-corrected chi connectivity index (χ1v) is 4.89. The lowest BCUT2D eigenvalue weighted by atomic mass is 9.65. The van der Waals surface area contributed by atoms with Crippen molar-refractivity contribution in [1.82, 2.24) is 0 Å². The SMILES string of the molecule is CC1(C)CC(Cl)CC(C)(C)C1. The summed E-state index contributed by atoms with van der Waals surface area (Å²) in [6.45, 7) is 9.29. The van der Waals surface area contributed by atoms with E-state index in [1.54, 1.807) is 0 Å². The molecule has 1 aliphatic carbocycles. The highest BCUT2D eigenvalue weighted by Gasteiger charge is 2.37. The van der Waals surface area contributed by atoms with Crippen LogP contribution in [0.15, 0.2) is 0 Å². The second-order valence-electron chi connectivity index (χ2n) is 5.51. The molecule has 0 bridgehead atoms. The summed E-state index contributed by atoms with van der Waals surface area (Å²) in [4.78, 5) is 0. The van der Waals surface area contributed by atoms with Crippen LogP contribution < -0.4 is 0 Å². The fraction of sp³-hybridized carbons (Fsp3) is 1.00. The predicted molar refractivity (Wildman–Crippen MR) is 51.1 cm³/mol. The molecule has 0 saturated heterocycles. The third kappa shape index (κ3) is 2.66. The number of hydrogen-bond acceptors (Lipinski definition) is 0. The molecule has 11 heavy (non-hydrogen) atoms. The number of rotatable bonds is 0. The zero-order valence-electron chi connectivity index (χ0n) is 8.08. The molecule has 0 aromatic carbocycles. The van der Waals surface area contributed by atoms with Gasteiger partial charge in [0.05, 0.1) is 0 Å². The van der Waals surface area contributed by atoms with Gasteiger partial charge < -0.3 is 0 Å². The van der Waals surface area contributed by atoms with E-state index in [0.717, 1.165) is 0 Å². The Kier molecular flexibility index (Phi) is 2.26. The average molecular weight is 175 g/mol. The molecule has 0 unspecified atom stereocenters. The standard InChI is InChI=1S/C10H19Cl/c1-9(2)5-8(11)6-10(3,4)7-9/h8H,5-7H2,1-4H3. The van der Waals surface area contributed by atoms with Crippen molar-refractivity contribution < 1.29 is 0 Å². The maximum atomic E-state index is 6.19. The quantitative estimate of drug-likeness (QED) is 0.490. The van der Waals surface area contributed by atoms with E-state index in [-0.39, 0.29) is 0 Å². The van der Waals surface area contributed by atoms with Crippen LogP contribution in [-0.4, -0.2) is 5.38 Å². The summed E-state index contributed by atoms with van der Waals surface area (Å²) in [7, 11) is 0. The molecule has 0 amide bonds. The first-order valence-electron chi connectivity index (χ1n) is 4.45. The third-order valence-corrected chi connectivity index (χ3v) is 2.81. The fourth-order valence-corrected chi connectivity index (χ4v) is 3.55. The van der Waals surface area contributed by atoms with Crippen molar-refractivity contribution in [2.45, 2.75) is 52.3 Å². The first kappa shape index (κ1) is 9.38. The molecule has 1 aliphatic rings. The number of alkyl halides is 1. The predicted octanol–water partition coefficient (Wildman–Crippen LogP) is 3.83. The molecule has 1 fully saturated rings. The fourth-order valence-electron chi connectivity index (χ4n) is 2.71. The van der Waals surface area contributed by atoms with E-state index in [9.17, 15) is 0 Å². The molecule has 0 aliphatic heterocycles. The van der Waals surface area contributed by atoms with E-state index in [1.807, 2.05) is 0 Å². The van der Waals surface area contributed by atoms with Crippen LogP contribution in [0.5, 0.6) is 0 Å². The lowest BCUT2D eigenvalue weighted by molar-refractivity contribution is 0.119. The van der Waals surface area contributed by atoms with Gasteiger partial charge in [0.15, 0.2) is 0 Å². The summed E-state index contributed by atoms with van der Waals surface area (Å²) in [5.74, 6) is 0. The van der Waals surface area contributed by atoms with Crippen LogP contribution in [0.1, 0.15) is 47.0 Å². The van der Waals surface area contributed by atoms with E-state index in [0.29, 0.717) is 16.2 Å². The zero-order valence-corrected chi connectivity index (χ0v) is 8.83. The molecule has 1 rings (SSSR count). The molecular weight excluding hydrogens is 156 g/mol. The Labute approximate surface area is 75.3 Å². The van der Waals surface area contributed by atoms with Gasteiger partial charge in [-0.25, -0.2) is 0 Å². The average Bonchev–Trinajstić information content (AvgIpc) is 1.49. The van der Waals surface area contributed by atoms with Crippen molar-refractivity contribution in [3.05, 3.63) is 0 Å². The molecule has 66 valence electrons. The molecule has 0 atom stereocenters. The van der Waals surface area contributed by atoms with Gasteiger partial charge >= 0.3 is 0 Å². The molecule has 1 saturated carbocycles. The minimum atomic E-state index is 0.397. The summed E-state index contributed by atoms with van der Waals surface area (Å²) >= 11 is 6.19. The van der Waals surface area contributed by atoms with Gasteiger partial charge in [0, 0.05) is 5.38 Å². The normalized spacial score (nSPS) is 30.3. The van der Waals surface area contributed by atoms with Gasteiger partial charge in [-0.15, -0.1) is 11.6 Å². The van der Waals surface area contributed by atoms with Gasteiger partial charge in [0.1, 0.15) is 0 Å². The second kappa shape index (κ2) is 2.65. The Morgan fingerprint density at radius 3 is 1.64 bits per heavy atom. The number of hydrogen-bond donors (Lipinski definition) is 0. The van der Waals surface area contributed by atoms with Crippen LogP contribution in [0, 0.1) is 10.8 Å². The topological polar surface area (TPSA) is 0 Å². The van der Waals surface area contributed by atoms with Gasteiger partial charge in [0.25, 0.3) is 0 Å². The largest absolute Gasteiger partial charge is 0.123 e. The van der Waals surface area contributed by atoms with Gasteiger partial charge in [0.2, 0.25) is 0 Å². The summed E-state index contributed by atoms with van der Waals surface area (Å²) in [5.41, 5.74) is 0.905. The highest BCUT2D eigenvalue weighted by molar-refractivity contribution is 6.20. The molecule has 0 aromatic heterocycles. The Balaban J connectivity index is 2.66. The van der Waals surface area contributed by atoms with Crippen LogP contribution in [0.4, 0.5) is 0 Å². The Morgan fingerprint density at radius 2 is 1.36 bits per heavy atom. The van der Waals surface area contributed by atoms with Crippen LogP contribution >= 0.6 is 11.6 Å². The molecule has 1 heteroatoms. The van der Waals surface area contributed by atoms with E-state index in [2.05, 4.69) is 27.7 Å². The maximum Gasteiger partial charge on any atom is 0.0346 e. The van der Waals surface area contributed by atoms with E-state index >= 15 is 0 Å². The van der Waals surface area contributed by atoms with Gasteiger partial charge in [-0.05, 0) is 30.1 Å². The van der Waals surface area contributed by atoms with Crippen molar-refractivity contribution in [2.24, 2.45) is 10.8 Å². The van der Waals surface area contributed by atoms with Crippen molar-refractivity contribution in [1.29, 1.82) is 0 Å². The lowest BCUT2D eigenvalue weighted by Crippen LogP contribution is -2.34. The monoisotopic (exact) mass is 174 g/mol. The Bertz CT molecular complexity index is 131. The van der Waals surface area contributed by atoms with E-state index in [1.165, 1.54) is 19.3 Å². The van der Waals surface area contributed by atoms with E-state index in [4.69, 9.17) is 11.6 Å². The second-order valence-corrected chi connectivity index (χ2v) is 6.13. The van der Waals surface area contributed by atoms with Gasteiger partial charge in [-0.1, -0.05) is 27.7 Å². The lowest BCUT2D eigenvalue weighted by Gasteiger charge is -2.43. The first-order chi connectivity index (χ1) is 4.81. The smallest absolute Gasteiger partial charge is 0.0346 e. The minimum Gasteiger partial charge on any atom is -0.123 e. The molecule has 0 heterocycles. The highest BCUT2D eigenvalue weighted by Crippen LogP contribution is 2.47. The number of halogens is 1. The van der Waals surface area contributed by atoms with Crippen molar-refractivity contribution in [3.8, 4) is 0 Å². The molecule has 0 radical (unpaired) electrons. The minimum absolute atomic E-state index is 0.397. The van der Waals surface area contributed by atoms with E-state index < -0.39 is 0 Å². The summed E-state index contributed by atoms with van der Waals surface area (Å²) in [6, 6.07) is 0. The van der Waals surface area contributed by atoms with Crippen LogP contribution in [0.2, 0.25) is 0 Å². The van der Waals surface area contributed by atoms with Crippen molar-refractivity contribution in [3.63, 3.8) is 0 Å². The van der Waals surface area contributed by atoms with Gasteiger partial charge in [-0.2, -0.15) is 0 Å². The van der Waals surface area contributed by atoms with Crippen LogP contribution in [-0.2, 0) is 0 Å². The molecule has 0 aromatic rings. The summed E-state index contributed by atoms with van der Waals surface area (Å²) in [6.07, 6.45) is 3.67. The molecule has 0 N–H and O–H groups in total. The Morgan fingerprint density at radius 1 is 1.00 bits per heavy atom. The molecule has 0 nitrogen and oxygen atoms in total. The Hall–Kier alpha value is 0.290. The van der Waals surface area contributed by atoms with Crippen molar-refractivity contribution in [2.75, 3.05) is 0 Å². The van der Waals surface area contributed by atoms with Crippen LogP contribution in [0.3, 0.4) is 0 Å². The molecular formula is C10H19Cl. The van der Waals surface area contributed by atoms with Crippen LogP contribution in [0.25, 0.3) is 0 Å². The maximum absolute atomic E-state index is 6.19. The van der Waals surface area contributed by atoms with Gasteiger partial charge in [-0.3, -0.25) is 0 Å². The summed E-state index contributed by atoms with van der Waals surface area (Å²) in [5, 5.41) is 0.397. The van der Waals surface area contributed by atoms with Crippen molar-refractivity contribution >= 4 is 11.6 Å². The highest BCUT2D eigenvalue weighted by atomic mass is 35.5. The summed E-state index contributed by atoms with van der Waals surface area (Å²) < 4.78 is 0. The third-order valence-electron chi connectivity index (χ3n) is 2.51. The zero-order chi connectivity index (χ0) is 8.70.